The summed E-state index contributed by atoms with van der Waals surface area (Å²) in [6, 6.07) is 4.24. The highest BCUT2D eigenvalue weighted by molar-refractivity contribution is 6.40. The molecular weight excluding hydrogens is 1050 g/mol. The zero-order valence-electron chi connectivity index (χ0n) is 48.0. The number of alkyl carbamates (subject to hydrolysis) is 1. The highest BCUT2D eigenvalue weighted by Gasteiger charge is 2.73. The van der Waals surface area contributed by atoms with Crippen molar-refractivity contribution in [2.45, 2.75) is 173 Å². The number of nitrogens with one attached hydrogen (secondary N) is 1. The van der Waals surface area contributed by atoms with Crippen LogP contribution in [0.5, 0.6) is 5.75 Å². The van der Waals surface area contributed by atoms with E-state index in [1.165, 1.54) is 34.1 Å². The van der Waals surface area contributed by atoms with Crippen LogP contribution in [0.2, 0.25) is 0 Å². The maximum atomic E-state index is 12.8. The Morgan fingerprint density at radius 3 is 1.49 bits per heavy atom. The Morgan fingerprint density at radius 1 is 0.756 bits per heavy atom. The van der Waals surface area contributed by atoms with Gasteiger partial charge in [-0.1, -0.05) is 87.1 Å². The van der Waals surface area contributed by atoms with Crippen molar-refractivity contribution in [3.8, 4) is 5.75 Å². The van der Waals surface area contributed by atoms with Crippen molar-refractivity contribution in [3.63, 3.8) is 0 Å². The molecule has 2 aliphatic carbocycles. The molecule has 4 aliphatic heterocycles. The van der Waals surface area contributed by atoms with E-state index >= 15 is 0 Å². The predicted molar refractivity (Wildman–Crippen MR) is 298 cm³/mol. The summed E-state index contributed by atoms with van der Waals surface area (Å²) in [5, 5.41) is 13.7. The van der Waals surface area contributed by atoms with Crippen LogP contribution >= 0.6 is 23.2 Å². The molecule has 14 atom stereocenters. The Bertz CT molecular complexity index is 2190. The fourth-order valence-corrected chi connectivity index (χ4v) is 10.4. The SMILES string of the molecule is C.CC(C)C(N)C(=O)N(C)C.CO[C@H]1C([C@]2(C)O[C@@H]2/C=C/C(C)C)[C@]2(CC[C@H]1OC(=O)NC(C(=O)N(C)C)C(C)C)CO2.CO[C@H]1C([C@]2(C)O[C@@H]2/C=C/C(C)C)[C@]2(CC[C@H]1OC(=O)Oc1ccc([N+](=O)[O-])cc1)CO2.ClCCl. The summed E-state index contributed by atoms with van der Waals surface area (Å²) in [7, 11) is 10.0. The summed E-state index contributed by atoms with van der Waals surface area (Å²) in [5.74, 6) is 0.855. The molecule has 3 amide bonds. The number of benzene rings is 1. The van der Waals surface area contributed by atoms with Crippen molar-refractivity contribution in [2.75, 3.05) is 61.0 Å². The topological polar surface area (TPSA) is 252 Å². The van der Waals surface area contributed by atoms with Gasteiger partial charge < -0.3 is 63.5 Å². The molecule has 6 fully saturated rings. The lowest BCUT2D eigenvalue weighted by Crippen LogP contribution is -2.57. The van der Waals surface area contributed by atoms with E-state index < -0.39 is 52.7 Å². The number of nitrogens with zero attached hydrogens (tertiary/aromatic N) is 3. The third-order valence-corrected chi connectivity index (χ3v) is 15.0. The van der Waals surface area contributed by atoms with Gasteiger partial charge in [-0.15, -0.1) is 23.2 Å². The summed E-state index contributed by atoms with van der Waals surface area (Å²) in [6.07, 6.45) is 7.91. The summed E-state index contributed by atoms with van der Waals surface area (Å²) >= 11 is 9.53. The standard InChI is InChI=1S/C24H40N2O6.C23H29NO8.C7H16N2O.CH2Cl2.CH4/c1-14(2)9-10-17-23(5,32-17)20-19(29-8)16(11-12-24(20)13-30-24)31-22(28)25-18(15(3)4)21(27)26(6)7;1-14(2)5-10-18-22(3,32-18)20-19(28-4)17(11-12-23(20)13-29-23)31-21(25)30-16-8-6-15(7-9-16)24(26)27;1-5(2)6(8)7(10)9(3)4;2-1-3;/h9-10,14-20H,11-13H2,1-8H3,(H,25,28);5-10,14,17-20H,11-13H2,1-4H3;5-6H,8H2,1-4H3;1H2;1H4/b10-9+;10-5+;;;/t16-,17-,18?,19-,20?,23-,24+;17-,18-,19-,20?,22-,23+;;;/m11.../s1. The van der Waals surface area contributed by atoms with E-state index in [4.69, 9.17) is 71.6 Å². The van der Waals surface area contributed by atoms with E-state index in [9.17, 15) is 29.3 Å². The summed E-state index contributed by atoms with van der Waals surface area (Å²) in [4.78, 5) is 62.0. The van der Waals surface area contributed by atoms with Gasteiger partial charge in [-0.3, -0.25) is 19.7 Å². The van der Waals surface area contributed by atoms with Crippen molar-refractivity contribution >= 4 is 53.0 Å². The first-order chi connectivity index (χ1) is 36.0. The summed E-state index contributed by atoms with van der Waals surface area (Å²) in [5.41, 5.74) is 3.98. The molecule has 78 heavy (non-hydrogen) atoms. The second-order valence-electron chi connectivity index (χ2n) is 22.7. The van der Waals surface area contributed by atoms with Crippen LogP contribution in [0.3, 0.4) is 0 Å². The number of nitro groups is 1. The molecule has 4 unspecified atom stereocenters. The maximum absolute atomic E-state index is 12.8. The number of halogens is 2. The zero-order chi connectivity index (χ0) is 58.0. The minimum absolute atomic E-state index is 0. The van der Waals surface area contributed by atoms with E-state index in [-0.39, 0.29) is 95.2 Å². The molecule has 0 aromatic heterocycles. The Morgan fingerprint density at radius 2 is 1.17 bits per heavy atom. The number of hydrogen-bond donors (Lipinski definition) is 2. The lowest BCUT2D eigenvalue weighted by atomic mass is 9.68. The minimum Gasteiger partial charge on any atom is -0.443 e. The number of alkyl halides is 2. The molecule has 444 valence electrons. The maximum Gasteiger partial charge on any atom is 0.514 e. The summed E-state index contributed by atoms with van der Waals surface area (Å²) < 4.78 is 52.5. The van der Waals surface area contributed by atoms with E-state index in [1.807, 2.05) is 27.7 Å². The van der Waals surface area contributed by atoms with Gasteiger partial charge in [0, 0.05) is 54.5 Å². The molecule has 3 N–H and O–H groups in total. The Kier molecular flexibility index (Phi) is 25.4. The van der Waals surface area contributed by atoms with Crippen molar-refractivity contribution in [1.82, 2.24) is 15.1 Å². The number of ether oxygens (including phenoxy) is 9. The van der Waals surface area contributed by atoms with Crippen molar-refractivity contribution < 1.29 is 66.7 Å². The van der Waals surface area contributed by atoms with Gasteiger partial charge in [0.1, 0.15) is 70.8 Å². The van der Waals surface area contributed by atoms with Gasteiger partial charge >= 0.3 is 12.2 Å². The van der Waals surface area contributed by atoms with Crippen LogP contribution in [-0.4, -0.2) is 171 Å². The first kappa shape index (κ1) is 68.2. The number of epoxide rings is 4. The largest absolute Gasteiger partial charge is 0.514 e. The molecule has 7 rings (SSSR count). The van der Waals surface area contributed by atoms with Crippen LogP contribution in [0.15, 0.2) is 48.6 Å². The first-order valence-electron chi connectivity index (χ1n) is 26.5. The van der Waals surface area contributed by atoms with Gasteiger partial charge in [-0.05, 0) is 75.3 Å². The number of methoxy groups -OCH3 is 2. The number of carbonyl (C=O) groups excluding carboxylic acids is 4. The third-order valence-electron chi connectivity index (χ3n) is 15.0. The lowest BCUT2D eigenvalue weighted by Gasteiger charge is -2.42. The van der Waals surface area contributed by atoms with E-state index in [1.54, 1.807) is 42.4 Å². The van der Waals surface area contributed by atoms with E-state index in [0.717, 1.165) is 12.8 Å². The number of carbonyl (C=O) groups is 4. The molecule has 22 heteroatoms. The highest BCUT2D eigenvalue weighted by Crippen LogP contribution is 2.60. The first-order valence-corrected chi connectivity index (χ1v) is 27.5. The molecule has 4 heterocycles. The van der Waals surface area contributed by atoms with Crippen molar-refractivity contribution in [1.29, 1.82) is 0 Å². The van der Waals surface area contributed by atoms with Crippen molar-refractivity contribution in [3.05, 3.63) is 58.7 Å². The molecule has 1 aromatic rings. The quantitative estimate of drug-likeness (QED) is 0.0281. The number of allylic oxidation sites excluding steroid dienone is 2. The smallest absolute Gasteiger partial charge is 0.443 e. The van der Waals surface area contributed by atoms with Crippen molar-refractivity contribution in [2.24, 2.45) is 41.2 Å². The number of amides is 3. The monoisotopic (exact) mass is 1140 g/mol. The predicted octanol–water partition coefficient (Wildman–Crippen LogP) is 8.92. The molecule has 2 saturated carbocycles. The number of likely N-dealkylation sites (N-methyl/N-ethyl adjacent to an activating group) is 2. The molecule has 4 saturated heterocycles. The molecule has 20 nitrogen and oxygen atoms in total. The number of hydrogen-bond acceptors (Lipinski definition) is 16. The molecular formula is C56H91Cl2N5O15. The Labute approximate surface area is 473 Å². The molecule has 0 bridgehead atoms. The average Bonchev–Trinajstić information content (AvgIpc) is 4.25. The molecule has 1 aromatic carbocycles. The Balaban J connectivity index is 0.000000332. The fraction of sp³-hybridized carbons (Fsp3) is 0.750. The normalized spacial score (nSPS) is 31.8. The molecule has 6 aliphatic rings. The fourth-order valence-electron chi connectivity index (χ4n) is 10.4. The third kappa shape index (κ3) is 17.4. The van der Waals surface area contributed by atoms with Crippen LogP contribution in [0.25, 0.3) is 0 Å². The van der Waals surface area contributed by atoms with Crippen LogP contribution in [0, 0.1) is 45.6 Å². The van der Waals surface area contributed by atoms with Gasteiger partial charge in [-0.25, -0.2) is 9.59 Å². The average molecular weight is 1150 g/mol. The van der Waals surface area contributed by atoms with Crippen LogP contribution in [0.4, 0.5) is 15.3 Å². The molecule has 0 radical (unpaired) electrons. The van der Waals surface area contributed by atoms with Crippen LogP contribution in [0.1, 0.15) is 102 Å². The van der Waals surface area contributed by atoms with Crippen LogP contribution in [-0.2, 0) is 47.5 Å². The zero-order valence-corrected chi connectivity index (χ0v) is 49.5. The summed E-state index contributed by atoms with van der Waals surface area (Å²) in [6.45, 7) is 21.6. The number of rotatable bonds is 17. The van der Waals surface area contributed by atoms with Gasteiger partial charge in [0.25, 0.3) is 5.69 Å². The van der Waals surface area contributed by atoms with Crippen LogP contribution < -0.4 is 15.8 Å². The van der Waals surface area contributed by atoms with Gasteiger partial charge in [0.05, 0.1) is 41.4 Å². The minimum atomic E-state index is -0.879. The lowest BCUT2D eigenvalue weighted by molar-refractivity contribution is -0.384. The second kappa shape index (κ2) is 29.0. The van der Waals surface area contributed by atoms with Gasteiger partial charge in [0.15, 0.2) is 0 Å². The number of non-ortho nitro benzene ring substituents is 1. The number of nitro benzene ring substituents is 1. The van der Waals surface area contributed by atoms with Gasteiger partial charge in [-0.2, -0.15) is 0 Å². The Hall–Kier alpha value is -4.12. The van der Waals surface area contributed by atoms with E-state index in [2.05, 4.69) is 71.2 Å². The molecule has 2 spiro atoms. The highest BCUT2D eigenvalue weighted by atomic mass is 35.5. The number of nitrogens with two attached hydrogens (primary N) is 1. The van der Waals surface area contributed by atoms with E-state index in [0.29, 0.717) is 37.9 Å². The van der Waals surface area contributed by atoms with Gasteiger partial charge in [0.2, 0.25) is 11.8 Å². The second-order valence-corrected chi connectivity index (χ2v) is 23.6.